The standard InChI is InChI=1S/C14H20N6O2/c1-2-22-13-8-12(15-11-16-13)19-6-3-4-14(21,9-19)10-20-7-5-17-18-20/h5,7-8,11,21H,2-4,6,9-10H2,1H3. The van der Waals surface area contributed by atoms with Crippen LogP contribution in [0.4, 0.5) is 5.82 Å². The first kappa shape index (κ1) is 14.7. The molecule has 1 aliphatic rings. The first-order valence-corrected chi connectivity index (χ1v) is 7.45. The summed E-state index contributed by atoms with van der Waals surface area (Å²) in [4.78, 5) is 10.4. The van der Waals surface area contributed by atoms with Crippen molar-refractivity contribution in [1.82, 2.24) is 25.0 Å². The third-order valence-corrected chi connectivity index (χ3v) is 3.73. The van der Waals surface area contributed by atoms with Crippen molar-refractivity contribution in [3.05, 3.63) is 24.8 Å². The maximum absolute atomic E-state index is 10.8. The fourth-order valence-electron chi connectivity index (χ4n) is 2.79. The van der Waals surface area contributed by atoms with E-state index in [0.717, 1.165) is 25.2 Å². The SMILES string of the molecule is CCOc1cc(N2CCCC(O)(Cn3ccnn3)C2)ncn1. The van der Waals surface area contributed by atoms with E-state index in [9.17, 15) is 5.11 Å². The van der Waals surface area contributed by atoms with Crippen LogP contribution in [0.25, 0.3) is 0 Å². The lowest BCUT2D eigenvalue weighted by molar-refractivity contribution is 0.00583. The molecule has 0 radical (unpaired) electrons. The predicted octanol–water partition coefficient (Wildman–Crippen LogP) is 0.498. The number of hydrogen-bond acceptors (Lipinski definition) is 7. The van der Waals surface area contributed by atoms with E-state index in [4.69, 9.17) is 4.74 Å². The van der Waals surface area contributed by atoms with E-state index in [2.05, 4.69) is 25.2 Å². The molecule has 1 atom stereocenters. The average Bonchev–Trinajstić information content (AvgIpc) is 3.00. The van der Waals surface area contributed by atoms with Crippen molar-refractivity contribution in [3.63, 3.8) is 0 Å². The zero-order valence-corrected chi connectivity index (χ0v) is 12.6. The number of aromatic nitrogens is 5. The molecule has 1 saturated heterocycles. The zero-order chi connectivity index (χ0) is 15.4. The second-order valence-electron chi connectivity index (χ2n) is 5.50. The molecule has 0 amide bonds. The van der Waals surface area contributed by atoms with Gasteiger partial charge in [-0.25, -0.2) is 14.6 Å². The summed E-state index contributed by atoms with van der Waals surface area (Å²) in [5, 5.41) is 18.6. The highest BCUT2D eigenvalue weighted by atomic mass is 16.5. The second kappa shape index (κ2) is 6.27. The fraction of sp³-hybridized carbons (Fsp3) is 0.571. The molecule has 1 unspecified atom stereocenters. The molecule has 0 aliphatic carbocycles. The van der Waals surface area contributed by atoms with Crippen molar-refractivity contribution in [3.8, 4) is 5.88 Å². The van der Waals surface area contributed by atoms with Gasteiger partial charge in [-0.1, -0.05) is 5.21 Å². The monoisotopic (exact) mass is 304 g/mol. The van der Waals surface area contributed by atoms with Gasteiger partial charge in [0.15, 0.2) is 0 Å². The molecule has 8 heteroatoms. The Labute approximate surface area is 128 Å². The van der Waals surface area contributed by atoms with E-state index in [0.29, 0.717) is 25.6 Å². The Morgan fingerprint density at radius 2 is 2.32 bits per heavy atom. The van der Waals surface area contributed by atoms with Gasteiger partial charge in [0.05, 0.1) is 19.3 Å². The lowest BCUT2D eigenvalue weighted by atomic mass is 9.93. The highest BCUT2D eigenvalue weighted by Crippen LogP contribution is 2.27. The quantitative estimate of drug-likeness (QED) is 0.860. The molecular formula is C14H20N6O2. The molecule has 118 valence electrons. The van der Waals surface area contributed by atoms with Crippen LogP contribution in [0.15, 0.2) is 24.8 Å². The molecule has 8 nitrogen and oxygen atoms in total. The first-order valence-electron chi connectivity index (χ1n) is 7.45. The van der Waals surface area contributed by atoms with Crippen molar-refractivity contribution in [2.75, 3.05) is 24.6 Å². The smallest absolute Gasteiger partial charge is 0.218 e. The molecule has 3 rings (SSSR count). The maximum atomic E-state index is 10.8. The van der Waals surface area contributed by atoms with Gasteiger partial charge in [-0.15, -0.1) is 5.10 Å². The fourth-order valence-corrected chi connectivity index (χ4v) is 2.79. The Balaban J connectivity index is 1.73. The molecular weight excluding hydrogens is 284 g/mol. The van der Waals surface area contributed by atoms with E-state index in [1.807, 2.05) is 13.0 Å². The first-order chi connectivity index (χ1) is 10.7. The summed E-state index contributed by atoms with van der Waals surface area (Å²) in [6, 6.07) is 1.81. The Bertz CT molecular complexity index is 605. The summed E-state index contributed by atoms with van der Waals surface area (Å²) in [6.45, 7) is 4.25. The normalized spacial score (nSPS) is 21.8. The Morgan fingerprint density at radius 1 is 1.41 bits per heavy atom. The highest BCUT2D eigenvalue weighted by molar-refractivity contribution is 5.41. The number of piperidine rings is 1. The van der Waals surface area contributed by atoms with Crippen LogP contribution in [-0.2, 0) is 6.54 Å². The van der Waals surface area contributed by atoms with Crippen LogP contribution >= 0.6 is 0 Å². The molecule has 22 heavy (non-hydrogen) atoms. The van der Waals surface area contributed by atoms with Crippen LogP contribution in [0.3, 0.4) is 0 Å². The molecule has 0 spiro atoms. The molecule has 0 bridgehead atoms. The van der Waals surface area contributed by atoms with Gasteiger partial charge in [0.25, 0.3) is 0 Å². The van der Waals surface area contributed by atoms with E-state index >= 15 is 0 Å². The summed E-state index contributed by atoms with van der Waals surface area (Å²) in [6.07, 6.45) is 6.48. The zero-order valence-electron chi connectivity index (χ0n) is 12.6. The Hall–Kier alpha value is -2.22. The van der Waals surface area contributed by atoms with Gasteiger partial charge < -0.3 is 14.7 Å². The Kier molecular flexibility index (Phi) is 4.19. The minimum absolute atomic E-state index is 0.424. The van der Waals surface area contributed by atoms with Crippen molar-refractivity contribution in [2.45, 2.75) is 31.9 Å². The van der Waals surface area contributed by atoms with Crippen LogP contribution < -0.4 is 9.64 Å². The lowest BCUT2D eigenvalue weighted by Crippen LogP contribution is -2.51. The third kappa shape index (κ3) is 3.33. The molecule has 1 fully saturated rings. The van der Waals surface area contributed by atoms with Gasteiger partial charge in [-0.3, -0.25) is 0 Å². The van der Waals surface area contributed by atoms with Gasteiger partial charge in [-0.05, 0) is 19.8 Å². The minimum Gasteiger partial charge on any atom is -0.478 e. The average molecular weight is 304 g/mol. The van der Waals surface area contributed by atoms with Crippen molar-refractivity contribution in [1.29, 1.82) is 0 Å². The second-order valence-corrected chi connectivity index (χ2v) is 5.50. The molecule has 1 N–H and O–H groups in total. The number of β-amino-alcohol motifs (C(OH)–C–C–N with tert-alkyl or cyclic N) is 1. The van der Waals surface area contributed by atoms with Gasteiger partial charge in [-0.2, -0.15) is 0 Å². The van der Waals surface area contributed by atoms with Crippen molar-refractivity contribution >= 4 is 5.82 Å². The molecule has 1 aliphatic heterocycles. The number of nitrogens with zero attached hydrogens (tertiary/aromatic N) is 6. The van der Waals surface area contributed by atoms with Crippen LogP contribution in [0, 0.1) is 0 Å². The van der Waals surface area contributed by atoms with Gasteiger partial charge in [0.1, 0.15) is 17.7 Å². The molecule has 3 heterocycles. The third-order valence-electron chi connectivity index (χ3n) is 3.73. The maximum Gasteiger partial charge on any atom is 0.218 e. The number of anilines is 1. The van der Waals surface area contributed by atoms with Crippen LogP contribution in [0.2, 0.25) is 0 Å². The molecule has 0 aromatic carbocycles. The molecule has 0 saturated carbocycles. The van der Waals surface area contributed by atoms with E-state index in [1.54, 1.807) is 17.1 Å². The van der Waals surface area contributed by atoms with E-state index in [1.165, 1.54) is 6.33 Å². The summed E-state index contributed by atoms with van der Waals surface area (Å²) in [5.41, 5.74) is -0.845. The topological polar surface area (TPSA) is 89.2 Å². The van der Waals surface area contributed by atoms with E-state index in [-0.39, 0.29) is 0 Å². The van der Waals surface area contributed by atoms with Crippen LogP contribution in [0.5, 0.6) is 5.88 Å². The van der Waals surface area contributed by atoms with Crippen LogP contribution in [0.1, 0.15) is 19.8 Å². The summed E-state index contributed by atoms with van der Waals surface area (Å²) in [5.74, 6) is 1.33. The van der Waals surface area contributed by atoms with Gasteiger partial charge >= 0.3 is 0 Å². The van der Waals surface area contributed by atoms with Gasteiger partial charge in [0.2, 0.25) is 5.88 Å². The lowest BCUT2D eigenvalue weighted by Gasteiger charge is -2.39. The number of rotatable bonds is 5. The summed E-state index contributed by atoms with van der Waals surface area (Å²) >= 11 is 0. The minimum atomic E-state index is -0.845. The molecule has 2 aromatic heterocycles. The number of ether oxygens (including phenoxy) is 1. The van der Waals surface area contributed by atoms with Gasteiger partial charge in [0, 0.05) is 25.4 Å². The number of aliphatic hydroxyl groups is 1. The van der Waals surface area contributed by atoms with Crippen LogP contribution in [-0.4, -0.2) is 55.4 Å². The highest BCUT2D eigenvalue weighted by Gasteiger charge is 2.34. The van der Waals surface area contributed by atoms with Crippen molar-refractivity contribution < 1.29 is 9.84 Å². The summed E-state index contributed by atoms with van der Waals surface area (Å²) in [7, 11) is 0. The van der Waals surface area contributed by atoms with E-state index < -0.39 is 5.60 Å². The summed E-state index contributed by atoms with van der Waals surface area (Å²) < 4.78 is 7.07. The largest absolute Gasteiger partial charge is 0.478 e. The Morgan fingerprint density at radius 3 is 3.09 bits per heavy atom. The van der Waals surface area contributed by atoms with Crippen molar-refractivity contribution in [2.24, 2.45) is 0 Å². The number of hydrogen-bond donors (Lipinski definition) is 1. The molecule has 2 aromatic rings. The predicted molar refractivity (Wildman–Crippen MR) is 79.6 cm³/mol.